The quantitative estimate of drug-likeness (QED) is 0.0953. The Morgan fingerprint density at radius 1 is 0.853 bits per heavy atom. The first-order chi connectivity index (χ1) is 15.7. The van der Waals surface area contributed by atoms with Gasteiger partial charge in [-0.3, -0.25) is 0 Å². The van der Waals surface area contributed by atoms with Crippen LogP contribution in [-0.4, -0.2) is 106 Å². The molecule has 2 amide bonds. The highest BCUT2D eigenvalue weighted by Crippen LogP contribution is 2.05. The maximum atomic E-state index is 12.1. The minimum Gasteiger partial charge on any atom is -0.477 e. The van der Waals surface area contributed by atoms with E-state index in [9.17, 15) is 24.0 Å². The average Bonchev–Trinajstić information content (AvgIpc) is 2.70. The number of alkyl carbamates (subject to hydrolysis) is 2. The van der Waals surface area contributed by atoms with E-state index in [4.69, 9.17) is 24.1 Å². The van der Waals surface area contributed by atoms with E-state index >= 15 is 0 Å². The lowest BCUT2D eigenvalue weighted by Gasteiger charge is -2.31. The summed E-state index contributed by atoms with van der Waals surface area (Å²) < 4.78 is 19.9. The van der Waals surface area contributed by atoms with Crippen molar-refractivity contribution in [1.29, 1.82) is 0 Å². The molecule has 0 rings (SSSR count). The van der Waals surface area contributed by atoms with Gasteiger partial charge < -0.3 is 39.2 Å². The second-order valence-corrected chi connectivity index (χ2v) is 7.98. The zero-order chi connectivity index (χ0) is 26.3. The maximum absolute atomic E-state index is 12.1. The minimum atomic E-state index is -1.06. The number of aliphatic carboxylic acids is 1. The molecule has 0 bridgehead atoms. The first-order valence-electron chi connectivity index (χ1n) is 10.3. The Morgan fingerprint density at radius 3 is 1.76 bits per heavy atom. The summed E-state index contributed by atoms with van der Waals surface area (Å²) in [5, 5.41) is 13.8. The predicted molar refractivity (Wildman–Crippen MR) is 119 cm³/mol. The van der Waals surface area contributed by atoms with Crippen molar-refractivity contribution in [3.05, 3.63) is 24.3 Å². The second kappa shape index (κ2) is 15.3. The fraction of sp³-hybridized carbons (Fsp3) is 0.571. The van der Waals surface area contributed by atoms with Crippen LogP contribution in [-0.2, 0) is 33.3 Å². The third-order valence-corrected chi connectivity index (χ3v) is 3.84. The molecule has 0 aliphatic carbocycles. The van der Waals surface area contributed by atoms with Crippen LogP contribution >= 0.6 is 0 Å². The molecule has 0 heterocycles. The number of likely N-dealkylation sites (N-methyl/N-ethyl adjacent to an activating group) is 1. The van der Waals surface area contributed by atoms with Gasteiger partial charge in [0.15, 0.2) is 12.6 Å². The van der Waals surface area contributed by atoms with Crippen molar-refractivity contribution in [2.45, 2.75) is 20.0 Å². The van der Waals surface area contributed by atoms with Crippen LogP contribution in [0.5, 0.6) is 0 Å². The number of nitrogens with zero attached hydrogens (tertiary/aromatic N) is 1. The number of carboxylic acid groups (broad SMARTS) is 1. The van der Waals surface area contributed by atoms with E-state index in [0.717, 1.165) is 0 Å². The van der Waals surface area contributed by atoms with Crippen LogP contribution in [0.4, 0.5) is 9.59 Å². The highest BCUT2D eigenvalue weighted by atomic mass is 16.6. The molecule has 0 radical (unpaired) electrons. The maximum Gasteiger partial charge on any atom is 0.407 e. The number of ether oxygens (including phenoxy) is 4. The van der Waals surface area contributed by atoms with Crippen molar-refractivity contribution in [1.82, 2.24) is 10.6 Å². The molecular weight excluding hydrogens is 454 g/mol. The van der Waals surface area contributed by atoms with Gasteiger partial charge in [-0.1, -0.05) is 13.2 Å². The molecule has 3 N–H and O–H groups in total. The summed E-state index contributed by atoms with van der Waals surface area (Å²) in [6, 6.07) is 0. The molecule has 0 saturated carbocycles. The summed E-state index contributed by atoms with van der Waals surface area (Å²) in [5.74, 6) is -2.26. The molecule has 1 unspecified atom stereocenters. The van der Waals surface area contributed by atoms with Crippen LogP contribution < -0.4 is 10.6 Å². The molecule has 0 aromatic heterocycles. The number of rotatable bonds is 15. The van der Waals surface area contributed by atoms with E-state index in [1.165, 1.54) is 13.8 Å². The van der Waals surface area contributed by atoms with E-state index in [0.29, 0.717) is 0 Å². The topological polar surface area (TPSA) is 167 Å². The summed E-state index contributed by atoms with van der Waals surface area (Å²) in [4.78, 5) is 57.6. The molecule has 0 saturated heterocycles. The third kappa shape index (κ3) is 15.2. The van der Waals surface area contributed by atoms with Crippen molar-refractivity contribution >= 4 is 30.1 Å². The molecule has 1 atom stereocenters. The third-order valence-electron chi connectivity index (χ3n) is 3.84. The fourth-order valence-corrected chi connectivity index (χ4v) is 2.36. The molecule has 34 heavy (non-hydrogen) atoms. The standard InChI is InChI=1S/C21H33N3O10/c1-14(2)18(27)31-9-7-22-20(29)33-13-16(11-24(5,6)12-17(25)26)34-21(30)23-8-10-32-19(28)15(3)4/h16H,1,3,7-13H2,2,4-6H3,(H2-,22,23,25,26,29,30)/p+1. The molecule has 13 heteroatoms. The number of hydrogen-bond acceptors (Lipinski definition) is 9. The number of nitrogens with one attached hydrogen (secondary N) is 2. The van der Waals surface area contributed by atoms with Crippen LogP contribution in [0.2, 0.25) is 0 Å². The summed E-state index contributed by atoms with van der Waals surface area (Å²) in [6.07, 6.45) is -2.71. The van der Waals surface area contributed by atoms with Crippen LogP contribution in [0.1, 0.15) is 13.8 Å². The Kier molecular flexibility index (Phi) is 13.6. The SMILES string of the molecule is C=C(C)C(=O)OCCNC(=O)OCC(C[N+](C)(C)CC(=O)O)OC(=O)NCCOC(=O)C(=C)C. The zero-order valence-corrected chi connectivity index (χ0v) is 20.0. The lowest BCUT2D eigenvalue weighted by atomic mass is 10.3. The lowest BCUT2D eigenvalue weighted by Crippen LogP contribution is -2.51. The second-order valence-electron chi connectivity index (χ2n) is 7.98. The Balaban J connectivity index is 4.70. The number of esters is 2. The Hall–Kier alpha value is -3.61. The normalized spacial score (nSPS) is 11.4. The Bertz CT molecular complexity index is 779. The van der Waals surface area contributed by atoms with Crippen LogP contribution in [0.15, 0.2) is 24.3 Å². The highest BCUT2D eigenvalue weighted by molar-refractivity contribution is 5.87. The van der Waals surface area contributed by atoms with Crippen LogP contribution in [0, 0.1) is 0 Å². The largest absolute Gasteiger partial charge is 0.477 e. The van der Waals surface area contributed by atoms with E-state index < -0.39 is 36.2 Å². The highest BCUT2D eigenvalue weighted by Gasteiger charge is 2.28. The first kappa shape index (κ1) is 30.4. The molecular formula is C21H34N3O10+. The van der Waals surface area contributed by atoms with Crippen molar-refractivity contribution in [3.63, 3.8) is 0 Å². The monoisotopic (exact) mass is 488 g/mol. The number of hydrogen-bond donors (Lipinski definition) is 3. The van der Waals surface area contributed by atoms with Gasteiger partial charge in [-0.15, -0.1) is 0 Å². The fourth-order valence-electron chi connectivity index (χ4n) is 2.36. The summed E-state index contributed by atoms with van der Waals surface area (Å²) in [6.45, 7) is 8.96. The van der Waals surface area contributed by atoms with Crippen molar-refractivity contribution in [3.8, 4) is 0 Å². The molecule has 0 fully saturated rings. The van der Waals surface area contributed by atoms with Gasteiger partial charge >= 0.3 is 30.1 Å². The molecule has 0 aromatic carbocycles. The van der Waals surface area contributed by atoms with E-state index in [-0.39, 0.29) is 61.6 Å². The lowest BCUT2D eigenvalue weighted by molar-refractivity contribution is -0.886. The van der Waals surface area contributed by atoms with Gasteiger partial charge in [-0.25, -0.2) is 24.0 Å². The number of quaternary nitrogens is 1. The van der Waals surface area contributed by atoms with Gasteiger partial charge in [0.1, 0.15) is 26.4 Å². The molecule has 13 nitrogen and oxygen atoms in total. The smallest absolute Gasteiger partial charge is 0.407 e. The average molecular weight is 489 g/mol. The van der Waals surface area contributed by atoms with Gasteiger partial charge in [0.25, 0.3) is 0 Å². The van der Waals surface area contributed by atoms with Gasteiger partial charge in [0.2, 0.25) is 0 Å². The van der Waals surface area contributed by atoms with E-state index in [2.05, 4.69) is 23.8 Å². The molecule has 0 spiro atoms. The van der Waals surface area contributed by atoms with Crippen molar-refractivity contribution < 1.29 is 52.5 Å². The van der Waals surface area contributed by atoms with E-state index in [1.54, 1.807) is 14.1 Å². The Labute approximate surface area is 198 Å². The zero-order valence-electron chi connectivity index (χ0n) is 20.0. The van der Waals surface area contributed by atoms with Gasteiger partial charge in [-0.2, -0.15) is 0 Å². The van der Waals surface area contributed by atoms with Crippen LogP contribution in [0.3, 0.4) is 0 Å². The van der Waals surface area contributed by atoms with Crippen molar-refractivity contribution in [2.24, 2.45) is 0 Å². The molecule has 192 valence electrons. The predicted octanol–water partition coefficient (Wildman–Crippen LogP) is 0.207. The Morgan fingerprint density at radius 2 is 1.32 bits per heavy atom. The number of amides is 2. The van der Waals surface area contributed by atoms with Gasteiger partial charge in [0.05, 0.1) is 27.2 Å². The van der Waals surface area contributed by atoms with Gasteiger partial charge in [0, 0.05) is 11.1 Å². The van der Waals surface area contributed by atoms with Crippen molar-refractivity contribution in [2.75, 3.05) is 60.1 Å². The molecule has 0 aliphatic heterocycles. The summed E-state index contributed by atoms with van der Waals surface area (Å²) >= 11 is 0. The summed E-state index contributed by atoms with van der Waals surface area (Å²) in [7, 11) is 3.21. The minimum absolute atomic E-state index is 0.0205. The first-order valence-corrected chi connectivity index (χ1v) is 10.3. The number of carbonyl (C=O) groups excluding carboxylic acids is 4. The number of carboxylic acids is 1. The number of carbonyl (C=O) groups is 5. The van der Waals surface area contributed by atoms with Gasteiger partial charge in [-0.05, 0) is 13.8 Å². The van der Waals surface area contributed by atoms with E-state index in [1.807, 2.05) is 0 Å². The molecule has 0 aromatic rings. The molecule has 0 aliphatic rings. The van der Waals surface area contributed by atoms with Crippen LogP contribution in [0.25, 0.3) is 0 Å². The summed E-state index contributed by atoms with van der Waals surface area (Å²) in [5.41, 5.74) is 0.433.